The van der Waals surface area contributed by atoms with Gasteiger partial charge in [-0.15, -0.1) is 0 Å². The molecule has 6 heteroatoms. The summed E-state index contributed by atoms with van der Waals surface area (Å²) in [6.07, 6.45) is 1.55. The van der Waals surface area contributed by atoms with Crippen LogP contribution in [0.5, 0.6) is 0 Å². The Balaban J connectivity index is 2.15. The van der Waals surface area contributed by atoms with E-state index >= 15 is 0 Å². The molecule has 0 amide bonds. The lowest BCUT2D eigenvalue weighted by Crippen LogP contribution is -1.98. The van der Waals surface area contributed by atoms with Gasteiger partial charge in [-0.25, -0.2) is 9.07 Å². The van der Waals surface area contributed by atoms with Crippen molar-refractivity contribution < 1.29 is 4.39 Å². The van der Waals surface area contributed by atoms with Crippen LogP contribution < -0.4 is 5.73 Å². The first-order valence-corrected chi connectivity index (χ1v) is 6.88. The summed E-state index contributed by atoms with van der Waals surface area (Å²) in [6, 6.07) is 11.5. The fourth-order valence-corrected chi connectivity index (χ4v) is 2.43. The van der Waals surface area contributed by atoms with E-state index in [4.69, 9.17) is 28.9 Å². The van der Waals surface area contributed by atoms with Crippen molar-refractivity contribution >= 4 is 28.9 Å². The number of benzene rings is 2. The molecule has 1 heterocycles. The van der Waals surface area contributed by atoms with Gasteiger partial charge in [0.1, 0.15) is 17.2 Å². The standard InChI is InChI=1S/C15H10Cl2FN3/c16-10-5-3-4-9(14(10)17)15-12(19)8-21(20-15)13-7-2-1-6-11(13)18/h1-8H,19H2. The first-order chi connectivity index (χ1) is 10.1. The average molecular weight is 322 g/mol. The van der Waals surface area contributed by atoms with Crippen LogP contribution >= 0.6 is 23.2 Å². The van der Waals surface area contributed by atoms with Crippen LogP contribution in [-0.4, -0.2) is 9.78 Å². The van der Waals surface area contributed by atoms with E-state index in [1.807, 2.05) is 0 Å². The molecule has 0 saturated carbocycles. The van der Waals surface area contributed by atoms with Gasteiger partial charge in [-0.1, -0.05) is 47.5 Å². The Labute approximate surface area is 130 Å². The van der Waals surface area contributed by atoms with Crippen LogP contribution in [0.25, 0.3) is 16.9 Å². The van der Waals surface area contributed by atoms with E-state index in [1.165, 1.54) is 10.7 Å². The molecule has 0 unspecified atom stereocenters. The number of rotatable bonds is 2. The van der Waals surface area contributed by atoms with E-state index in [0.717, 1.165) is 0 Å². The second kappa shape index (κ2) is 5.39. The Morgan fingerprint density at radius 2 is 1.81 bits per heavy atom. The normalized spacial score (nSPS) is 10.8. The zero-order chi connectivity index (χ0) is 15.0. The maximum atomic E-state index is 13.8. The lowest BCUT2D eigenvalue weighted by Gasteiger charge is -2.04. The lowest BCUT2D eigenvalue weighted by atomic mass is 10.1. The number of hydrogen-bond acceptors (Lipinski definition) is 2. The van der Waals surface area contributed by atoms with Crippen LogP contribution in [0.1, 0.15) is 0 Å². The molecule has 0 radical (unpaired) electrons. The Kier molecular flexibility index (Phi) is 3.57. The molecule has 0 spiro atoms. The molecule has 2 aromatic carbocycles. The predicted molar refractivity (Wildman–Crippen MR) is 83.4 cm³/mol. The molecule has 106 valence electrons. The SMILES string of the molecule is Nc1cn(-c2ccccc2F)nc1-c1cccc(Cl)c1Cl. The first-order valence-electron chi connectivity index (χ1n) is 6.12. The fraction of sp³-hybridized carbons (Fsp3) is 0. The second-order valence-electron chi connectivity index (χ2n) is 4.43. The molecule has 0 aliphatic heterocycles. The van der Waals surface area contributed by atoms with Crippen LogP contribution in [0, 0.1) is 5.82 Å². The van der Waals surface area contributed by atoms with Crippen molar-refractivity contribution in [1.82, 2.24) is 9.78 Å². The Morgan fingerprint density at radius 3 is 2.57 bits per heavy atom. The van der Waals surface area contributed by atoms with E-state index in [-0.39, 0.29) is 5.82 Å². The molecule has 2 N–H and O–H groups in total. The third-order valence-corrected chi connectivity index (χ3v) is 3.87. The Morgan fingerprint density at radius 1 is 1.05 bits per heavy atom. The summed E-state index contributed by atoms with van der Waals surface area (Å²) in [4.78, 5) is 0. The summed E-state index contributed by atoms with van der Waals surface area (Å²) in [5, 5.41) is 5.10. The van der Waals surface area contributed by atoms with Gasteiger partial charge in [-0.3, -0.25) is 0 Å². The van der Waals surface area contributed by atoms with Gasteiger partial charge >= 0.3 is 0 Å². The summed E-state index contributed by atoms with van der Waals surface area (Å²) in [5.74, 6) is -0.385. The zero-order valence-corrected chi connectivity index (χ0v) is 12.2. The second-order valence-corrected chi connectivity index (χ2v) is 5.22. The molecule has 3 nitrogen and oxygen atoms in total. The molecule has 1 aromatic heterocycles. The van der Waals surface area contributed by atoms with Gasteiger partial charge in [-0.05, 0) is 18.2 Å². The average Bonchev–Trinajstić information content (AvgIpc) is 2.84. The third kappa shape index (κ3) is 2.48. The van der Waals surface area contributed by atoms with Crippen molar-refractivity contribution in [2.75, 3.05) is 5.73 Å². The van der Waals surface area contributed by atoms with E-state index in [0.29, 0.717) is 32.7 Å². The molecule has 0 aliphatic rings. The van der Waals surface area contributed by atoms with Gasteiger partial charge in [0.05, 0.1) is 21.9 Å². The van der Waals surface area contributed by atoms with E-state index in [1.54, 1.807) is 42.6 Å². The van der Waals surface area contributed by atoms with Gasteiger partial charge in [0, 0.05) is 5.56 Å². The van der Waals surface area contributed by atoms with Gasteiger partial charge in [0.2, 0.25) is 0 Å². The number of aromatic nitrogens is 2. The molecule has 0 bridgehead atoms. The lowest BCUT2D eigenvalue weighted by molar-refractivity contribution is 0.611. The Hall–Kier alpha value is -2.04. The molecule has 0 atom stereocenters. The van der Waals surface area contributed by atoms with Crippen LogP contribution in [0.15, 0.2) is 48.7 Å². The highest BCUT2D eigenvalue weighted by Crippen LogP contribution is 2.35. The van der Waals surface area contributed by atoms with Crippen LogP contribution in [0.2, 0.25) is 10.0 Å². The summed E-state index contributed by atoms with van der Waals surface area (Å²) < 4.78 is 15.2. The quantitative estimate of drug-likeness (QED) is 0.751. The number of para-hydroxylation sites is 1. The maximum absolute atomic E-state index is 13.8. The minimum atomic E-state index is -0.385. The highest BCUT2D eigenvalue weighted by molar-refractivity contribution is 6.43. The number of hydrogen-bond donors (Lipinski definition) is 1. The highest BCUT2D eigenvalue weighted by Gasteiger charge is 2.15. The van der Waals surface area contributed by atoms with Gasteiger partial charge < -0.3 is 5.73 Å². The van der Waals surface area contributed by atoms with Gasteiger partial charge in [-0.2, -0.15) is 5.10 Å². The summed E-state index contributed by atoms with van der Waals surface area (Å²) >= 11 is 12.2. The van der Waals surface area contributed by atoms with E-state index in [2.05, 4.69) is 5.10 Å². The largest absolute Gasteiger partial charge is 0.396 e. The van der Waals surface area contributed by atoms with Crippen LogP contribution in [0.4, 0.5) is 10.1 Å². The zero-order valence-electron chi connectivity index (χ0n) is 10.7. The number of halogens is 3. The van der Waals surface area contributed by atoms with Gasteiger partial charge in [0.25, 0.3) is 0 Å². The summed E-state index contributed by atoms with van der Waals surface area (Å²) in [6.45, 7) is 0. The monoisotopic (exact) mass is 321 g/mol. The van der Waals surface area contributed by atoms with Crippen LogP contribution in [-0.2, 0) is 0 Å². The number of nitrogens with two attached hydrogens (primary N) is 1. The van der Waals surface area contributed by atoms with Gasteiger partial charge in [0.15, 0.2) is 0 Å². The van der Waals surface area contributed by atoms with E-state index in [9.17, 15) is 4.39 Å². The molecule has 3 rings (SSSR count). The van der Waals surface area contributed by atoms with Crippen molar-refractivity contribution in [3.8, 4) is 16.9 Å². The summed E-state index contributed by atoms with van der Waals surface area (Å²) in [7, 11) is 0. The molecule has 0 saturated heterocycles. The molecular weight excluding hydrogens is 312 g/mol. The molecule has 3 aromatic rings. The smallest absolute Gasteiger partial charge is 0.148 e. The Bertz CT molecular complexity index is 814. The van der Waals surface area contributed by atoms with E-state index < -0.39 is 0 Å². The first kappa shape index (κ1) is 13.9. The fourth-order valence-electron chi connectivity index (χ4n) is 2.04. The molecule has 21 heavy (non-hydrogen) atoms. The third-order valence-electron chi connectivity index (χ3n) is 3.05. The minimum absolute atomic E-state index is 0.314. The molecule has 0 aliphatic carbocycles. The number of nitrogens with zero attached hydrogens (tertiary/aromatic N) is 2. The summed E-state index contributed by atoms with van der Waals surface area (Å²) in [5.41, 5.74) is 7.75. The minimum Gasteiger partial charge on any atom is -0.396 e. The predicted octanol–water partition coefficient (Wildman–Crippen LogP) is 4.57. The maximum Gasteiger partial charge on any atom is 0.148 e. The molecular formula is C15H10Cl2FN3. The number of anilines is 1. The van der Waals surface area contributed by atoms with Crippen molar-refractivity contribution in [1.29, 1.82) is 0 Å². The topological polar surface area (TPSA) is 43.8 Å². The van der Waals surface area contributed by atoms with Crippen molar-refractivity contribution in [2.24, 2.45) is 0 Å². The van der Waals surface area contributed by atoms with Crippen molar-refractivity contribution in [3.05, 3.63) is 64.5 Å². The van der Waals surface area contributed by atoms with Crippen molar-refractivity contribution in [2.45, 2.75) is 0 Å². The van der Waals surface area contributed by atoms with Crippen molar-refractivity contribution in [3.63, 3.8) is 0 Å². The number of nitrogen functional groups attached to an aromatic ring is 1. The molecule has 0 fully saturated rings. The highest BCUT2D eigenvalue weighted by atomic mass is 35.5. The van der Waals surface area contributed by atoms with Crippen LogP contribution in [0.3, 0.4) is 0 Å².